The second kappa shape index (κ2) is 5.36. The van der Waals surface area contributed by atoms with Crippen LogP contribution in [0, 0.1) is 0 Å². The van der Waals surface area contributed by atoms with Crippen molar-refractivity contribution in [3.8, 4) is 5.75 Å². The van der Waals surface area contributed by atoms with Gasteiger partial charge in [0.25, 0.3) is 0 Å². The van der Waals surface area contributed by atoms with Gasteiger partial charge in [0.15, 0.2) is 0 Å². The third-order valence-electron chi connectivity index (χ3n) is 1.57. The Morgan fingerprint density at radius 1 is 1.43 bits per heavy atom. The molecule has 0 heterocycles. The van der Waals surface area contributed by atoms with E-state index in [1.165, 1.54) is 0 Å². The Kier molecular flexibility index (Phi) is 4.41. The summed E-state index contributed by atoms with van der Waals surface area (Å²) < 4.78 is 7.11. The monoisotopic (exact) mass is 320 g/mol. The standard InChI is InChI=1S/C9H10Br2N2O/c1-12-13-5-6-3-7(10)4-8(11)9(6)14-2/h3-5,12H,1-2H3/b13-5+. The largest absolute Gasteiger partial charge is 0.495 e. The van der Waals surface area contributed by atoms with E-state index in [9.17, 15) is 0 Å². The quantitative estimate of drug-likeness (QED) is 0.686. The highest BCUT2D eigenvalue weighted by Gasteiger charge is 2.06. The first kappa shape index (κ1) is 11.5. The SMILES string of the molecule is CN/N=C/c1cc(Br)cc(Br)c1OC. The molecular weight excluding hydrogens is 312 g/mol. The minimum Gasteiger partial charge on any atom is -0.495 e. The minimum absolute atomic E-state index is 0.771. The summed E-state index contributed by atoms with van der Waals surface area (Å²) in [5, 5.41) is 3.94. The number of rotatable bonds is 3. The van der Waals surface area contributed by atoms with Crippen molar-refractivity contribution in [2.45, 2.75) is 0 Å². The van der Waals surface area contributed by atoms with E-state index in [2.05, 4.69) is 42.4 Å². The Labute approximate surface area is 99.8 Å². The molecule has 0 aliphatic rings. The van der Waals surface area contributed by atoms with Crippen LogP contribution in [-0.4, -0.2) is 20.4 Å². The third-order valence-corrected chi connectivity index (χ3v) is 2.62. The average molecular weight is 322 g/mol. The van der Waals surface area contributed by atoms with Gasteiger partial charge in [-0.3, -0.25) is 0 Å². The lowest BCUT2D eigenvalue weighted by molar-refractivity contribution is 0.411. The first-order valence-electron chi connectivity index (χ1n) is 3.92. The van der Waals surface area contributed by atoms with Crippen LogP contribution in [-0.2, 0) is 0 Å². The van der Waals surface area contributed by atoms with Gasteiger partial charge in [-0.15, -0.1) is 0 Å². The fourth-order valence-electron chi connectivity index (χ4n) is 1.03. The lowest BCUT2D eigenvalue weighted by Gasteiger charge is -2.07. The van der Waals surface area contributed by atoms with E-state index < -0.39 is 0 Å². The maximum absolute atomic E-state index is 5.24. The minimum atomic E-state index is 0.771. The molecule has 3 nitrogen and oxygen atoms in total. The number of benzene rings is 1. The van der Waals surface area contributed by atoms with E-state index in [0.29, 0.717) is 0 Å². The number of methoxy groups -OCH3 is 1. The highest BCUT2D eigenvalue weighted by molar-refractivity contribution is 9.11. The van der Waals surface area contributed by atoms with Gasteiger partial charge in [-0.2, -0.15) is 5.10 Å². The highest BCUT2D eigenvalue weighted by Crippen LogP contribution is 2.31. The molecule has 0 saturated heterocycles. The summed E-state index contributed by atoms with van der Waals surface area (Å²) in [4.78, 5) is 0. The number of nitrogens with zero attached hydrogens (tertiary/aromatic N) is 1. The zero-order chi connectivity index (χ0) is 10.6. The molecule has 0 spiro atoms. The number of hydrogen-bond donors (Lipinski definition) is 1. The Bertz CT molecular complexity index is 353. The van der Waals surface area contributed by atoms with Crippen molar-refractivity contribution >= 4 is 38.1 Å². The number of hydrogen-bond acceptors (Lipinski definition) is 3. The Morgan fingerprint density at radius 2 is 2.14 bits per heavy atom. The summed E-state index contributed by atoms with van der Waals surface area (Å²) in [7, 11) is 3.38. The second-order valence-corrected chi connectivity index (χ2v) is 4.26. The predicted octanol–water partition coefficient (Wildman–Crippen LogP) is 2.77. The summed E-state index contributed by atoms with van der Waals surface area (Å²) in [6.45, 7) is 0. The van der Waals surface area contributed by atoms with E-state index in [1.807, 2.05) is 12.1 Å². The Balaban J connectivity index is 3.18. The lowest BCUT2D eigenvalue weighted by Crippen LogP contribution is -1.97. The average Bonchev–Trinajstić information content (AvgIpc) is 2.14. The Morgan fingerprint density at radius 3 is 2.71 bits per heavy atom. The summed E-state index contributed by atoms with van der Waals surface area (Å²) in [5.74, 6) is 0.771. The molecule has 76 valence electrons. The molecular formula is C9H10Br2N2O. The van der Waals surface area contributed by atoms with Gasteiger partial charge in [-0.25, -0.2) is 0 Å². The summed E-state index contributed by atoms with van der Waals surface area (Å²) in [6.07, 6.45) is 1.70. The molecule has 0 amide bonds. The summed E-state index contributed by atoms with van der Waals surface area (Å²) in [5.41, 5.74) is 3.60. The van der Waals surface area contributed by atoms with Gasteiger partial charge in [-0.1, -0.05) is 15.9 Å². The molecule has 0 aliphatic heterocycles. The molecule has 5 heteroatoms. The fraction of sp³-hybridized carbons (Fsp3) is 0.222. The van der Waals surface area contributed by atoms with Crippen LogP contribution in [0.5, 0.6) is 5.75 Å². The molecule has 1 aromatic rings. The molecule has 1 aromatic carbocycles. The number of hydrazone groups is 1. The number of halogens is 2. The van der Waals surface area contributed by atoms with Crippen molar-refractivity contribution in [2.24, 2.45) is 5.10 Å². The van der Waals surface area contributed by atoms with Gasteiger partial charge < -0.3 is 10.2 Å². The maximum atomic E-state index is 5.24. The molecule has 0 aliphatic carbocycles. The van der Waals surface area contributed by atoms with Crippen molar-refractivity contribution in [3.05, 3.63) is 26.6 Å². The molecule has 1 N–H and O–H groups in total. The van der Waals surface area contributed by atoms with Crippen molar-refractivity contribution < 1.29 is 4.74 Å². The first-order valence-corrected chi connectivity index (χ1v) is 5.50. The topological polar surface area (TPSA) is 33.6 Å². The molecule has 0 aromatic heterocycles. The van der Waals surface area contributed by atoms with E-state index >= 15 is 0 Å². The van der Waals surface area contributed by atoms with Crippen LogP contribution < -0.4 is 10.2 Å². The van der Waals surface area contributed by atoms with Gasteiger partial charge in [-0.05, 0) is 28.1 Å². The molecule has 0 atom stereocenters. The molecule has 1 rings (SSSR count). The zero-order valence-corrected chi connectivity index (χ0v) is 11.0. The predicted molar refractivity (Wildman–Crippen MR) is 65.0 cm³/mol. The summed E-state index contributed by atoms with van der Waals surface area (Å²) in [6, 6.07) is 3.86. The molecule has 0 unspecified atom stereocenters. The van der Waals surface area contributed by atoms with Gasteiger partial charge >= 0.3 is 0 Å². The van der Waals surface area contributed by atoms with Gasteiger partial charge in [0, 0.05) is 17.1 Å². The smallest absolute Gasteiger partial charge is 0.141 e. The molecule has 0 bridgehead atoms. The van der Waals surface area contributed by atoms with Gasteiger partial charge in [0.05, 0.1) is 17.8 Å². The van der Waals surface area contributed by atoms with E-state index in [1.54, 1.807) is 20.4 Å². The van der Waals surface area contributed by atoms with Crippen LogP contribution in [0.1, 0.15) is 5.56 Å². The number of ether oxygens (including phenoxy) is 1. The van der Waals surface area contributed by atoms with Crippen LogP contribution in [0.4, 0.5) is 0 Å². The third kappa shape index (κ3) is 2.72. The Hall–Kier alpha value is -0.550. The summed E-state index contributed by atoms with van der Waals surface area (Å²) >= 11 is 6.81. The zero-order valence-electron chi connectivity index (χ0n) is 7.84. The van der Waals surface area contributed by atoms with Crippen LogP contribution in [0.2, 0.25) is 0 Å². The van der Waals surface area contributed by atoms with Crippen LogP contribution in [0.3, 0.4) is 0 Å². The highest BCUT2D eigenvalue weighted by atomic mass is 79.9. The van der Waals surface area contributed by atoms with Crippen molar-refractivity contribution in [3.63, 3.8) is 0 Å². The van der Waals surface area contributed by atoms with Crippen LogP contribution >= 0.6 is 31.9 Å². The van der Waals surface area contributed by atoms with Gasteiger partial charge in [0.2, 0.25) is 0 Å². The van der Waals surface area contributed by atoms with Gasteiger partial charge in [0.1, 0.15) is 5.75 Å². The maximum Gasteiger partial charge on any atom is 0.141 e. The molecule has 0 saturated carbocycles. The fourth-order valence-corrected chi connectivity index (χ4v) is 2.45. The van der Waals surface area contributed by atoms with Crippen molar-refractivity contribution in [1.29, 1.82) is 0 Å². The van der Waals surface area contributed by atoms with Crippen LogP contribution in [0.25, 0.3) is 0 Å². The molecule has 0 fully saturated rings. The lowest BCUT2D eigenvalue weighted by atomic mass is 10.2. The van der Waals surface area contributed by atoms with E-state index in [4.69, 9.17) is 4.74 Å². The molecule has 14 heavy (non-hydrogen) atoms. The number of nitrogens with one attached hydrogen (secondary N) is 1. The van der Waals surface area contributed by atoms with E-state index in [0.717, 1.165) is 20.3 Å². The second-order valence-electron chi connectivity index (χ2n) is 2.49. The molecule has 0 radical (unpaired) electrons. The first-order chi connectivity index (χ1) is 6.69. The van der Waals surface area contributed by atoms with Crippen molar-refractivity contribution in [1.82, 2.24) is 5.43 Å². The van der Waals surface area contributed by atoms with Crippen molar-refractivity contribution in [2.75, 3.05) is 14.2 Å². The normalized spacial score (nSPS) is 10.6. The van der Waals surface area contributed by atoms with E-state index in [-0.39, 0.29) is 0 Å². The van der Waals surface area contributed by atoms with Crippen LogP contribution in [0.15, 0.2) is 26.2 Å².